The van der Waals surface area contributed by atoms with Crippen molar-refractivity contribution in [2.24, 2.45) is 5.73 Å². The first kappa shape index (κ1) is 13.4. The number of anilines is 1. The smallest absolute Gasteiger partial charge is 0.242 e. The van der Waals surface area contributed by atoms with Crippen LogP contribution in [0.5, 0.6) is 0 Å². The lowest BCUT2D eigenvalue weighted by Crippen LogP contribution is -2.52. The number of primary amides is 1. The van der Waals surface area contributed by atoms with Gasteiger partial charge in [-0.05, 0) is 30.5 Å². The number of amides is 1. The summed E-state index contributed by atoms with van der Waals surface area (Å²) in [7, 11) is 0. The van der Waals surface area contributed by atoms with E-state index in [1.54, 1.807) is 0 Å². The van der Waals surface area contributed by atoms with Crippen LogP contribution in [0.15, 0.2) is 24.3 Å². The zero-order valence-electron chi connectivity index (χ0n) is 11.5. The maximum atomic E-state index is 11.5. The number of carbonyl (C=O) groups is 1. The van der Waals surface area contributed by atoms with Crippen molar-refractivity contribution >= 4 is 11.6 Å². The molecule has 0 bridgehead atoms. The van der Waals surface area contributed by atoms with Crippen LogP contribution in [0.2, 0.25) is 0 Å². The zero-order valence-corrected chi connectivity index (χ0v) is 11.5. The van der Waals surface area contributed by atoms with Crippen LogP contribution in [0, 0.1) is 0 Å². The minimum absolute atomic E-state index is 0.329. The monoisotopic (exact) mass is 275 g/mol. The molecule has 20 heavy (non-hydrogen) atoms. The molecule has 1 saturated carbocycles. The lowest BCUT2D eigenvalue weighted by Gasteiger charge is -2.35. The van der Waals surface area contributed by atoms with Crippen molar-refractivity contribution in [3.63, 3.8) is 0 Å². The highest BCUT2D eigenvalue weighted by atomic mass is 16.5. The normalized spacial score (nSPS) is 22.8. The van der Waals surface area contributed by atoms with Crippen LogP contribution >= 0.6 is 0 Å². The molecule has 1 unspecified atom stereocenters. The quantitative estimate of drug-likeness (QED) is 0.827. The van der Waals surface area contributed by atoms with Gasteiger partial charge < -0.3 is 20.7 Å². The van der Waals surface area contributed by atoms with E-state index in [2.05, 4.69) is 29.6 Å². The van der Waals surface area contributed by atoms with Crippen molar-refractivity contribution in [3.8, 4) is 0 Å². The van der Waals surface area contributed by atoms with E-state index >= 15 is 0 Å². The first-order valence-corrected chi connectivity index (χ1v) is 7.20. The summed E-state index contributed by atoms with van der Waals surface area (Å²) in [6.07, 6.45) is 2.60. The summed E-state index contributed by atoms with van der Waals surface area (Å²) in [4.78, 5) is 13.5. The number of hydrogen-bond acceptors (Lipinski definition) is 4. The molecule has 1 aliphatic heterocycles. The molecule has 0 spiro atoms. The molecule has 1 amide bonds. The van der Waals surface area contributed by atoms with Gasteiger partial charge in [0.15, 0.2) is 0 Å². The predicted octanol–water partition coefficient (Wildman–Crippen LogP) is 0.629. The molecule has 1 aromatic rings. The standard InChI is InChI=1S/C15H21N3O2/c16-15(19)14-10-20-8-7-18(14)13-5-1-11(2-6-13)9-17-12-3-4-12/h1-2,5-6,12,14,17H,3-4,7-10H2,(H2,16,19). The average molecular weight is 275 g/mol. The van der Waals surface area contributed by atoms with Gasteiger partial charge in [0.2, 0.25) is 5.91 Å². The number of hydrogen-bond donors (Lipinski definition) is 2. The second-order valence-electron chi connectivity index (χ2n) is 5.51. The Morgan fingerprint density at radius 3 is 2.75 bits per heavy atom. The topological polar surface area (TPSA) is 67.6 Å². The van der Waals surface area contributed by atoms with Crippen LogP contribution in [0.25, 0.3) is 0 Å². The highest BCUT2D eigenvalue weighted by Crippen LogP contribution is 2.22. The summed E-state index contributed by atoms with van der Waals surface area (Å²) in [5.41, 5.74) is 7.74. The Kier molecular flexibility index (Phi) is 3.89. The largest absolute Gasteiger partial charge is 0.377 e. The summed E-state index contributed by atoms with van der Waals surface area (Å²) >= 11 is 0. The maximum Gasteiger partial charge on any atom is 0.242 e. The molecule has 1 aliphatic carbocycles. The second-order valence-corrected chi connectivity index (χ2v) is 5.51. The highest BCUT2D eigenvalue weighted by molar-refractivity contribution is 5.84. The van der Waals surface area contributed by atoms with Gasteiger partial charge in [-0.1, -0.05) is 12.1 Å². The maximum absolute atomic E-state index is 11.5. The van der Waals surface area contributed by atoms with Gasteiger partial charge in [0.05, 0.1) is 13.2 Å². The van der Waals surface area contributed by atoms with Crippen molar-refractivity contribution in [2.45, 2.75) is 31.5 Å². The van der Waals surface area contributed by atoms with E-state index in [0.29, 0.717) is 25.8 Å². The van der Waals surface area contributed by atoms with Gasteiger partial charge in [0.1, 0.15) is 6.04 Å². The van der Waals surface area contributed by atoms with E-state index < -0.39 is 0 Å². The lowest BCUT2D eigenvalue weighted by atomic mass is 10.1. The fraction of sp³-hybridized carbons (Fsp3) is 0.533. The Balaban J connectivity index is 1.66. The molecule has 3 N–H and O–H groups in total. The van der Waals surface area contributed by atoms with Crippen LogP contribution in [0.1, 0.15) is 18.4 Å². The summed E-state index contributed by atoms with van der Waals surface area (Å²) < 4.78 is 5.34. The molecule has 1 saturated heterocycles. The highest BCUT2D eigenvalue weighted by Gasteiger charge is 2.27. The number of morpholine rings is 1. The van der Waals surface area contributed by atoms with Gasteiger partial charge >= 0.3 is 0 Å². The summed E-state index contributed by atoms with van der Waals surface area (Å²) in [6, 6.07) is 8.69. The lowest BCUT2D eigenvalue weighted by molar-refractivity contribution is -0.121. The molecule has 0 radical (unpaired) electrons. The van der Waals surface area contributed by atoms with Crippen LogP contribution in [0.4, 0.5) is 5.69 Å². The molecule has 2 aliphatic rings. The minimum Gasteiger partial charge on any atom is -0.377 e. The van der Waals surface area contributed by atoms with Gasteiger partial charge in [-0.3, -0.25) is 4.79 Å². The van der Waals surface area contributed by atoms with Crippen LogP contribution in [-0.2, 0) is 16.1 Å². The average Bonchev–Trinajstić information content (AvgIpc) is 3.30. The summed E-state index contributed by atoms with van der Waals surface area (Å²) in [5, 5.41) is 3.49. The summed E-state index contributed by atoms with van der Waals surface area (Å²) in [5.74, 6) is -0.329. The van der Waals surface area contributed by atoms with Gasteiger partial charge in [-0.15, -0.1) is 0 Å². The van der Waals surface area contributed by atoms with Crippen LogP contribution < -0.4 is 16.0 Å². The van der Waals surface area contributed by atoms with E-state index in [-0.39, 0.29) is 11.9 Å². The Labute approximate surface area is 119 Å². The van der Waals surface area contributed by atoms with Crippen molar-refractivity contribution in [1.29, 1.82) is 0 Å². The number of nitrogens with two attached hydrogens (primary N) is 1. The third kappa shape index (κ3) is 3.11. The molecule has 108 valence electrons. The van der Waals surface area contributed by atoms with Gasteiger partial charge in [-0.2, -0.15) is 0 Å². The first-order valence-electron chi connectivity index (χ1n) is 7.20. The van der Waals surface area contributed by atoms with Crippen molar-refractivity contribution in [1.82, 2.24) is 5.32 Å². The number of rotatable bonds is 5. The molecular weight excluding hydrogens is 254 g/mol. The number of carbonyl (C=O) groups excluding carboxylic acids is 1. The van der Waals surface area contributed by atoms with Crippen LogP contribution in [0.3, 0.4) is 0 Å². The molecule has 1 aromatic carbocycles. The van der Waals surface area contributed by atoms with Crippen molar-refractivity contribution < 1.29 is 9.53 Å². The fourth-order valence-electron chi connectivity index (χ4n) is 2.50. The minimum atomic E-state index is -0.362. The molecule has 1 atom stereocenters. The second kappa shape index (κ2) is 5.81. The molecular formula is C15H21N3O2. The summed E-state index contributed by atoms with van der Waals surface area (Å²) in [6.45, 7) is 2.62. The number of nitrogens with one attached hydrogen (secondary N) is 1. The Morgan fingerprint density at radius 2 is 2.10 bits per heavy atom. The molecule has 0 aromatic heterocycles. The zero-order chi connectivity index (χ0) is 13.9. The SMILES string of the molecule is NC(=O)C1COCCN1c1ccc(CNC2CC2)cc1. The van der Waals surface area contributed by atoms with E-state index in [1.807, 2.05) is 4.90 Å². The Hall–Kier alpha value is -1.59. The van der Waals surface area contributed by atoms with Crippen molar-refractivity contribution in [3.05, 3.63) is 29.8 Å². The molecule has 5 heteroatoms. The molecule has 5 nitrogen and oxygen atoms in total. The predicted molar refractivity (Wildman–Crippen MR) is 77.5 cm³/mol. The third-order valence-electron chi connectivity index (χ3n) is 3.90. The van der Waals surface area contributed by atoms with Gasteiger partial charge in [0.25, 0.3) is 0 Å². The van der Waals surface area contributed by atoms with Crippen LogP contribution in [-0.4, -0.2) is 37.7 Å². The first-order chi connectivity index (χ1) is 9.74. The Bertz CT molecular complexity index is 471. The number of benzene rings is 1. The van der Waals surface area contributed by atoms with Gasteiger partial charge in [0, 0.05) is 24.8 Å². The van der Waals surface area contributed by atoms with Gasteiger partial charge in [-0.25, -0.2) is 0 Å². The van der Waals surface area contributed by atoms with E-state index in [0.717, 1.165) is 12.2 Å². The Morgan fingerprint density at radius 1 is 1.35 bits per heavy atom. The third-order valence-corrected chi connectivity index (χ3v) is 3.90. The number of nitrogens with zero attached hydrogens (tertiary/aromatic N) is 1. The molecule has 1 heterocycles. The molecule has 3 rings (SSSR count). The fourth-order valence-corrected chi connectivity index (χ4v) is 2.50. The van der Waals surface area contributed by atoms with E-state index in [9.17, 15) is 4.79 Å². The number of ether oxygens (including phenoxy) is 1. The van der Waals surface area contributed by atoms with Crippen molar-refractivity contribution in [2.75, 3.05) is 24.7 Å². The van der Waals surface area contributed by atoms with E-state index in [1.165, 1.54) is 18.4 Å². The van der Waals surface area contributed by atoms with E-state index in [4.69, 9.17) is 10.5 Å². The molecule has 2 fully saturated rings.